The number of hydrogen-bond acceptors (Lipinski definition) is 4. The highest BCUT2D eigenvalue weighted by Crippen LogP contribution is 2.22. The zero-order valence-corrected chi connectivity index (χ0v) is 10.1. The third-order valence-corrected chi connectivity index (χ3v) is 4.20. The molecular weight excluding hydrogens is 251 g/mol. The lowest BCUT2D eigenvalue weighted by Crippen LogP contribution is -2.26. The third-order valence-electron chi connectivity index (χ3n) is 2.27. The van der Waals surface area contributed by atoms with Crippen molar-refractivity contribution < 1.29 is 17.7 Å². The van der Waals surface area contributed by atoms with Crippen LogP contribution in [0.3, 0.4) is 0 Å². The maximum absolute atomic E-state index is 13.3. The quantitative estimate of drug-likeness (QED) is 0.606. The second-order valence-electron chi connectivity index (χ2n) is 3.29. The molecule has 1 rings (SSSR count). The Labute approximate surface area is 97.9 Å². The lowest BCUT2D eigenvalue weighted by Gasteiger charge is -2.14. The molecule has 0 radical (unpaired) electrons. The van der Waals surface area contributed by atoms with Crippen molar-refractivity contribution in [2.45, 2.75) is 11.8 Å². The Kier molecular flexibility index (Phi) is 3.79. The summed E-state index contributed by atoms with van der Waals surface area (Å²) in [4.78, 5) is 9.17. The third kappa shape index (κ3) is 2.59. The standard InChI is InChI=1S/C9H11FN2O4S/c1-3-11(2)17(15,16)7-4-5-9(12(13)14)8(10)6-7/h4-6H,3H2,1-2H3. The van der Waals surface area contributed by atoms with Gasteiger partial charge < -0.3 is 0 Å². The second kappa shape index (κ2) is 4.76. The van der Waals surface area contributed by atoms with Crippen molar-refractivity contribution in [1.29, 1.82) is 0 Å². The Bertz CT molecular complexity index is 544. The van der Waals surface area contributed by atoms with Gasteiger partial charge in [0.1, 0.15) is 0 Å². The number of rotatable bonds is 4. The number of nitrogens with zero attached hydrogens (tertiary/aromatic N) is 2. The van der Waals surface area contributed by atoms with Gasteiger partial charge in [-0.05, 0) is 6.07 Å². The zero-order valence-electron chi connectivity index (χ0n) is 9.25. The molecule has 0 saturated carbocycles. The van der Waals surface area contributed by atoms with Gasteiger partial charge in [0, 0.05) is 25.7 Å². The van der Waals surface area contributed by atoms with Gasteiger partial charge in [0.15, 0.2) is 0 Å². The molecule has 0 bridgehead atoms. The van der Waals surface area contributed by atoms with Crippen LogP contribution >= 0.6 is 0 Å². The average Bonchev–Trinajstić information content (AvgIpc) is 2.27. The van der Waals surface area contributed by atoms with E-state index in [2.05, 4.69) is 0 Å². The fraction of sp³-hybridized carbons (Fsp3) is 0.333. The topological polar surface area (TPSA) is 80.5 Å². The molecular formula is C9H11FN2O4S. The van der Waals surface area contributed by atoms with Crippen LogP contribution in [0.1, 0.15) is 6.92 Å². The van der Waals surface area contributed by atoms with Crippen molar-refractivity contribution in [2.24, 2.45) is 0 Å². The highest BCUT2D eigenvalue weighted by molar-refractivity contribution is 7.89. The molecule has 0 aromatic heterocycles. The van der Waals surface area contributed by atoms with E-state index in [0.29, 0.717) is 6.07 Å². The van der Waals surface area contributed by atoms with E-state index in [9.17, 15) is 22.9 Å². The van der Waals surface area contributed by atoms with Gasteiger partial charge >= 0.3 is 5.69 Å². The van der Waals surface area contributed by atoms with Crippen LogP contribution in [-0.4, -0.2) is 31.2 Å². The molecule has 0 amide bonds. The minimum atomic E-state index is -3.78. The molecule has 0 aliphatic rings. The molecule has 94 valence electrons. The largest absolute Gasteiger partial charge is 0.304 e. The van der Waals surface area contributed by atoms with Crippen molar-refractivity contribution in [3.05, 3.63) is 34.1 Å². The van der Waals surface area contributed by atoms with Crippen molar-refractivity contribution in [3.8, 4) is 0 Å². The van der Waals surface area contributed by atoms with Gasteiger partial charge in [0.2, 0.25) is 15.8 Å². The van der Waals surface area contributed by atoms with Gasteiger partial charge in [-0.1, -0.05) is 6.92 Å². The zero-order chi connectivity index (χ0) is 13.2. The predicted molar refractivity (Wildman–Crippen MR) is 58.5 cm³/mol. The minimum Gasteiger partial charge on any atom is -0.258 e. The number of nitro benzene ring substituents is 1. The van der Waals surface area contributed by atoms with Crippen LogP contribution in [0.2, 0.25) is 0 Å². The van der Waals surface area contributed by atoms with Gasteiger partial charge in [-0.25, -0.2) is 12.7 Å². The van der Waals surface area contributed by atoms with Crippen LogP contribution in [0.5, 0.6) is 0 Å². The molecule has 0 spiro atoms. The fourth-order valence-corrected chi connectivity index (χ4v) is 2.34. The summed E-state index contributed by atoms with van der Waals surface area (Å²) in [5.41, 5.74) is -0.747. The molecule has 0 heterocycles. The summed E-state index contributed by atoms with van der Waals surface area (Å²) in [5, 5.41) is 10.4. The number of hydrogen-bond donors (Lipinski definition) is 0. The summed E-state index contributed by atoms with van der Waals surface area (Å²) < 4.78 is 37.9. The van der Waals surface area contributed by atoms with Gasteiger partial charge in [-0.15, -0.1) is 0 Å². The maximum Gasteiger partial charge on any atom is 0.304 e. The van der Waals surface area contributed by atoms with Crippen LogP contribution in [0.15, 0.2) is 23.1 Å². The lowest BCUT2D eigenvalue weighted by molar-refractivity contribution is -0.387. The van der Waals surface area contributed by atoms with Gasteiger partial charge in [-0.3, -0.25) is 10.1 Å². The smallest absolute Gasteiger partial charge is 0.258 e. The fourth-order valence-electron chi connectivity index (χ4n) is 1.15. The summed E-state index contributed by atoms with van der Waals surface area (Å²) in [5.74, 6) is -1.17. The van der Waals surface area contributed by atoms with Crippen molar-refractivity contribution >= 4 is 15.7 Å². The van der Waals surface area contributed by atoms with E-state index >= 15 is 0 Å². The van der Waals surface area contributed by atoms with Gasteiger partial charge in [0.05, 0.1) is 9.82 Å². The molecule has 0 fully saturated rings. The first-order valence-corrected chi connectivity index (χ1v) is 6.15. The Morgan fingerprint density at radius 1 is 1.47 bits per heavy atom. The molecule has 1 aromatic carbocycles. The van der Waals surface area contributed by atoms with Crippen molar-refractivity contribution in [1.82, 2.24) is 4.31 Å². The normalized spacial score (nSPS) is 11.8. The molecule has 0 saturated heterocycles. The highest BCUT2D eigenvalue weighted by Gasteiger charge is 2.23. The minimum absolute atomic E-state index is 0.223. The van der Waals surface area contributed by atoms with E-state index in [1.165, 1.54) is 7.05 Å². The summed E-state index contributed by atoms with van der Waals surface area (Å²) >= 11 is 0. The molecule has 6 nitrogen and oxygen atoms in total. The summed E-state index contributed by atoms with van der Waals surface area (Å²) in [7, 11) is -2.44. The van der Waals surface area contributed by atoms with Crippen LogP contribution in [-0.2, 0) is 10.0 Å². The Morgan fingerprint density at radius 2 is 2.06 bits per heavy atom. The van der Waals surface area contributed by atoms with E-state index in [0.717, 1.165) is 16.4 Å². The number of sulfonamides is 1. The Hall–Kier alpha value is -1.54. The SMILES string of the molecule is CCN(C)S(=O)(=O)c1ccc([N+](=O)[O-])c(F)c1. The van der Waals surface area contributed by atoms with Crippen LogP contribution in [0.4, 0.5) is 10.1 Å². The van der Waals surface area contributed by atoms with E-state index in [4.69, 9.17) is 0 Å². The lowest BCUT2D eigenvalue weighted by atomic mass is 10.3. The van der Waals surface area contributed by atoms with Crippen LogP contribution < -0.4 is 0 Å². The maximum atomic E-state index is 13.3. The van der Waals surface area contributed by atoms with E-state index in [1.54, 1.807) is 6.92 Å². The predicted octanol–water partition coefficient (Wildman–Crippen LogP) is 1.37. The Balaban J connectivity index is 3.28. The molecule has 1 aromatic rings. The monoisotopic (exact) mass is 262 g/mol. The number of nitro groups is 1. The first-order chi connectivity index (χ1) is 7.80. The molecule has 0 aliphatic heterocycles. The molecule has 0 aliphatic carbocycles. The van der Waals surface area contributed by atoms with Crippen LogP contribution in [0.25, 0.3) is 0 Å². The molecule has 0 atom stereocenters. The van der Waals surface area contributed by atoms with Gasteiger partial charge in [0.25, 0.3) is 0 Å². The van der Waals surface area contributed by atoms with Crippen molar-refractivity contribution in [2.75, 3.05) is 13.6 Å². The average molecular weight is 262 g/mol. The first-order valence-electron chi connectivity index (χ1n) is 4.71. The Morgan fingerprint density at radius 3 is 2.47 bits per heavy atom. The number of benzene rings is 1. The molecule has 8 heteroatoms. The summed E-state index contributed by atoms with van der Waals surface area (Å²) in [6, 6.07) is 2.51. The highest BCUT2D eigenvalue weighted by atomic mass is 32.2. The summed E-state index contributed by atoms with van der Waals surface area (Å²) in [6.07, 6.45) is 0. The molecule has 0 N–H and O–H groups in total. The van der Waals surface area contributed by atoms with E-state index in [-0.39, 0.29) is 11.4 Å². The molecule has 0 unspecified atom stereocenters. The number of halogens is 1. The summed E-state index contributed by atoms with van der Waals surface area (Å²) in [6.45, 7) is 1.85. The van der Waals surface area contributed by atoms with E-state index < -0.39 is 26.5 Å². The first kappa shape index (κ1) is 13.5. The molecule has 17 heavy (non-hydrogen) atoms. The van der Waals surface area contributed by atoms with Crippen LogP contribution in [0, 0.1) is 15.9 Å². The van der Waals surface area contributed by atoms with Gasteiger partial charge in [-0.2, -0.15) is 4.39 Å². The second-order valence-corrected chi connectivity index (χ2v) is 5.33. The van der Waals surface area contributed by atoms with E-state index in [1.807, 2.05) is 0 Å². The van der Waals surface area contributed by atoms with Crippen molar-refractivity contribution in [3.63, 3.8) is 0 Å².